The van der Waals surface area contributed by atoms with E-state index in [1.165, 1.54) is 6.07 Å². The summed E-state index contributed by atoms with van der Waals surface area (Å²) in [5.41, 5.74) is -1.40. The summed E-state index contributed by atoms with van der Waals surface area (Å²) < 4.78 is 39.4. The number of benzene rings is 1. The number of nitro groups is 1. The topological polar surface area (TPSA) is 58.4 Å². The lowest BCUT2D eigenvalue weighted by Crippen LogP contribution is -2.53. The largest absolute Gasteiger partial charge is 0.416 e. The van der Waals surface area contributed by atoms with Gasteiger partial charge in [-0.15, -0.1) is 0 Å². The molecule has 0 saturated carbocycles. The van der Waals surface area contributed by atoms with Crippen molar-refractivity contribution in [3.8, 4) is 0 Å². The van der Waals surface area contributed by atoms with E-state index < -0.39 is 22.4 Å². The third-order valence-electron chi connectivity index (χ3n) is 3.64. The lowest BCUT2D eigenvalue weighted by molar-refractivity contribution is -0.385. The van der Waals surface area contributed by atoms with Crippen molar-refractivity contribution in [1.29, 1.82) is 0 Å². The summed E-state index contributed by atoms with van der Waals surface area (Å²) in [4.78, 5) is 11.8. The molecule has 8 heteroatoms. The van der Waals surface area contributed by atoms with E-state index in [0.717, 1.165) is 6.07 Å². The van der Waals surface area contributed by atoms with Crippen LogP contribution in [0.15, 0.2) is 18.2 Å². The molecule has 1 fully saturated rings. The molecule has 1 aromatic rings. The monoisotopic (exact) mass is 317 g/mol. The van der Waals surface area contributed by atoms with E-state index in [9.17, 15) is 23.3 Å². The van der Waals surface area contributed by atoms with Gasteiger partial charge in [0.05, 0.1) is 10.5 Å². The van der Waals surface area contributed by atoms with Gasteiger partial charge in [-0.1, -0.05) is 6.07 Å². The Morgan fingerprint density at radius 1 is 1.32 bits per heavy atom. The third-order valence-corrected chi connectivity index (χ3v) is 3.64. The Hall–Kier alpha value is -1.67. The molecule has 1 aliphatic heterocycles. The van der Waals surface area contributed by atoms with E-state index >= 15 is 0 Å². The molecule has 2 rings (SSSR count). The Labute approximate surface area is 126 Å². The van der Waals surface area contributed by atoms with E-state index in [0.29, 0.717) is 19.2 Å². The maximum absolute atomic E-state index is 13.1. The van der Waals surface area contributed by atoms with Gasteiger partial charge in [-0.3, -0.25) is 15.0 Å². The summed E-state index contributed by atoms with van der Waals surface area (Å²) in [6.07, 6.45) is -4.60. The predicted molar refractivity (Wildman–Crippen MR) is 75.4 cm³/mol. The van der Waals surface area contributed by atoms with Crippen LogP contribution in [-0.2, 0) is 12.7 Å². The highest BCUT2D eigenvalue weighted by molar-refractivity contribution is 5.41. The van der Waals surface area contributed by atoms with Crippen molar-refractivity contribution in [3.05, 3.63) is 39.4 Å². The van der Waals surface area contributed by atoms with E-state index in [1.807, 2.05) is 18.7 Å². The molecular formula is C14H18F3N3O2. The molecule has 1 heterocycles. The standard InChI is InChI=1S/C14H18F3N3O2/c1-9-6-19(7-10(2)18-9)8-11-3-4-12(20(21)22)5-13(11)14(15,16)17/h3-5,9-10,18H,6-8H2,1-2H3. The number of nitrogens with zero attached hydrogens (tertiary/aromatic N) is 2. The van der Waals surface area contributed by atoms with Crippen LogP contribution in [0, 0.1) is 10.1 Å². The minimum Gasteiger partial charge on any atom is -0.309 e. The van der Waals surface area contributed by atoms with Crippen molar-refractivity contribution in [3.63, 3.8) is 0 Å². The predicted octanol–water partition coefficient (Wildman–Crippen LogP) is 2.80. The summed E-state index contributed by atoms with van der Waals surface area (Å²) in [5, 5.41) is 14.0. The van der Waals surface area contributed by atoms with Gasteiger partial charge in [0.25, 0.3) is 5.69 Å². The summed E-state index contributed by atoms with van der Waals surface area (Å²) in [6.45, 7) is 5.35. The van der Waals surface area contributed by atoms with Crippen molar-refractivity contribution < 1.29 is 18.1 Å². The minimum atomic E-state index is -4.60. The van der Waals surface area contributed by atoms with Gasteiger partial charge in [-0.2, -0.15) is 13.2 Å². The minimum absolute atomic E-state index is 0.0689. The van der Waals surface area contributed by atoms with Crippen LogP contribution in [0.4, 0.5) is 18.9 Å². The van der Waals surface area contributed by atoms with Crippen LogP contribution < -0.4 is 5.32 Å². The van der Waals surface area contributed by atoms with Crippen LogP contribution in [0.2, 0.25) is 0 Å². The summed E-state index contributed by atoms with van der Waals surface area (Å²) in [5.74, 6) is 0. The van der Waals surface area contributed by atoms with Crippen LogP contribution >= 0.6 is 0 Å². The van der Waals surface area contributed by atoms with E-state index in [-0.39, 0.29) is 24.2 Å². The SMILES string of the molecule is CC1CN(Cc2ccc([N+](=O)[O-])cc2C(F)(F)F)CC(C)N1. The Kier molecular flexibility index (Phi) is 4.72. The van der Waals surface area contributed by atoms with E-state index in [1.54, 1.807) is 0 Å². The molecule has 0 amide bonds. The number of alkyl halides is 3. The second kappa shape index (κ2) is 6.21. The first-order valence-electron chi connectivity index (χ1n) is 6.99. The van der Waals surface area contributed by atoms with Gasteiger partial charge in [0.1, 0.15) is 0 Å². The molecule has 2 atom stereocenters. The summed E-state index contributed by atoms with van der Waals surface area (Å²) in [6, 6.07) is 3.33. The van der Waals surface area contributed by atoms with Crippen molar-refractivity contribution in [2.45, 2.75) is 38.7 Å². The number of non-ortho nitro benzene ring substituents is 1. The molecule has 0 bridgehead atoms. The Bertz CT molecular complexity index is 553. The number of piperazine rings is 1. The molecule has 1 aliphatic rings. The highest BCUT2D eigenvalue weighted by atomic mass is 19.4. The van der Waals surface area contributed by atoms with Crippen LogP contribution in [0.3, 0.4) is 0 Å². The van der Waals surface area contributed by atoms with Crippen molar-refractivity contribution >= 4 is 5.69 Å². The second-order valence-corrected chi connectivity index (χ2v) is 5.76. The molecule has 0 aliphatic carbocycles. The Balaban J connectivity index is 2.28. The smallest absolute Gasteiger partial charge is 0.309 e. The van der Waals surface area contributed by atoms with Gasteiger partial charge >= 0.3 is 6.18 Å². The first kappa shape index (κ1) is 16.7. The van der Waals surface area contributed by atoms with E-state index in [2.05, 4.69) is 5.32 Å². The molecule has 0 aromatic heterocycles. The van der Waals surface area contributed by atoms with Crippen LogP contribution in [-0.4, -0.2) is 35.0 Å². The highest BCUT2D eigenvalue weighted by Gasteiger charge is 2.35. The molecule has 122 valence electrons. The fourth-order valence-corrected chi connectivity index (χ4v) is 2.89. The Morgan fingerprint density at radius 3 is 2.41 bits per heavy atom. The van der Waals surface area contributed by atoms with Crippen LogP contribution in [0.1, 0.15) is 25.0 Å². The van der Waals surface area contributed by atoms with Gasteiger partial charge in [0, 0.05) is 43.9 Å². The third kappa shape index (κ3) is 3.95. The molecule has 1 aromatic carbocycles. The average molecular weight is 317 g/mol. The van der Waals surface area contributed by atoms with Gasteiger partial charge in [-0.25, -0.2) is 0 Å². The zero-order chi connectivity index (χ0) is 16.5. The first-order chi connectivity index (χ1) is 10.2. The molecule has 0 radical (unpaired) electrons. The van der Waals surface area contributed by atoms with Crippen molar-refractivity contribution in [2.24, 2.45) is 0 Å². The number of nitrogens with one attached hydrogen (secondary N) is 1. The fraction of sp³-hybridized carbons (Fsp3) is 0.571. The quantitative estimate of drug-likeness (QED) is 0.688. The number of nitro benzene ring substituents is 1. The van der Waals surface area contributed by atoms with Crippen LogP contribution in [0.25, 0.3) is 0 Å². The van der Waals surface area contributed by atoms with Gasteiger partial charge in [0.2, 0.25) is 0 Å². The van der Waals surface area contributed by atoms with Crippen LogP contribution in [0.5, 0.6) is 0 Å². The molecule has 0 spiro atoms. The average Bonchev–Trinajstić information content (AvgIpc) is 2.36. The van der Waals surface area contributed by atoms with Gasteiger partial charge in [-0.05, 0) is 19.4 Å². The number of hydrogen-bond acceptors (Lipinski definition) is 4. The summed E-state index contributed by atoms with van der Waals surface area (Å²) >= 11 is 0. The normalized spacial score (nSPS) is 23.5. The molecule has 1 N–H and O–H groups in total. The zero-order valence-corrected chi connectivity index (χ0v) is 12.4. The lowest BCUT2D eigenvalue weighted by atomic mass is 10.0. The summed E-state index contributed by atoms with van der Waals surface area (Å²) in [7, 11) is 0. The first-order valence-corrected chi connectivity index (χ1v) is 6.99. The fourth-order valence-electron chi connectivity index (χ4n) is 2.89. The van der Waals surface area contributed by atoms with Gasteiger partial charge in [0.15, 0.2) is 0 Å². The second-order valence-electron chi connectivity index (χ2n) is 5.76. The number of hydrogen-bond donors (Lipinski definition) is 1. The maximum atomic E-state index is 13.1. The molecule has 5 nitrogen and oxygen atoms in total. The molecule has 1 saturated heterocycles. The lowest BCUT2D eigenvalue weighted by Gasteiger charge is -2.36. The van der Waals surface area contributed by atoms with Crippen molar-refractivity contribution in [1.82, 2.24) is 10.2 Å². The zero-order valence-electron chi connectivity index (χ0n) is 12.4. The Morgan fingerprint density at radius 2 is 1.91 bits per heavy atom. The van der Waals surface area contributed by atoms with Gasteiger partial charge < -0.3 is 5.32 Å². The number of halogens is 3. The highest BCUT2D eigenvalue weighted by Crippen LogP contribution is 2.35. The molecule has 2 unspecified atom stereocenters. The van der Waals surface area contributed by atoms with Crippen molar-refractivity contribution in [2.75, 3.05) is 13.1 Å². The molecular weight excluding hydrogens is 299 g/mol. The molecule has 22 heavy (non-hydrogen) atoms. The van der Waals surface area contributed by atoms with E-state index in [4.69, 9.17) is 0 Å². The maximum Gasteiger partial charge on any atom is 0.416 e. The number of rotatable bonds is 3.